The largest absolute Gasteiger partial charge is 0.497 e. The third-order valence-corrected chi connectivity index (χ3v) is 7.63. The molecule has 0 saturated heterocycles. The van der Waals surface area contributed by atoms with Crippen LogP contribution in [0.1, 0.15) is 42.4 Å². The Labute approximate surface area is 242 Å². The maximum absolute atomic E-state index is 13.4. The standard InChI is InChI=1S/C28H30N6O7S/c1-18-25(26(35)30-17-19-7-6-14-29-16-19)31-33(20-8-11-22(40-5)12-9-20)27(18)41-23-13-10-21(34(36)37)15-24(23)42(38,39)32-28(2,3)4/h6-16,32H,17H2,1-5H3,(H,30,35). The number of rotatable bonds is 10. The van der Waals surface area contributed by atoms with E-state index in [1.807, 2.05) is 6.07 Å². The number of non-ortho nitro benzene ring substituents is 1. The van der Waals surface area contributed by atoms with Crippen molar-refractivity contribution in [2.24, 2.45) is 0 Å². The lowest BCUT2D eigenvalue weighted by molar-refractivity contribution is -0.385. The van der Waals surface area contributed by atoms with Gasteiger partial charge in [0.15, 0.2) is 5.69 Å². The minimum Gasteiger partial charge on any atom is -0.497 e. The van der Waals surface area contributed by atoms with Crippen molar-refractivity contribution in [3.63, 3.8) is 0 Å². The summed E-state index contributed by atoms with van der Waals surface area (Å²) < 4.78 is 41.9. The highest BCUT2D eigenvalue weighted by molar-refractivity contribution is 7.89. The normalized spacial score (nSPS) is 11.6. The molecule has 0 fully saturated rings. The van der Waals surface area contributed by atoms with Crippen molar-refractivity contribution < 1.29 is 27.6 Å². The lowest BCUT2D eigenvalue weighted by atomic mass is 10.1. The molecule has 0 aliphatic rings. The van der Waals surface area contributed by atoms with Crippen LogP contribution in [-0.4, -0.2) is 46.7 Å². The Balaban J connectivity index is 1.82. The molecule has 0 atom stereocenters. The highest BCUT2D eigenvalue weighted by Gasteiger charge is 2.30. The van der Waals surface area contributed by atoms with E-state index in [4.69, 9.17) is 9.47 Å². The molecule has 0 spiro atoms. The van der Waals surface area contributed by atoms with Gasteiger partial charge in [0, 0.05) is 42.2 Å². The molecule has 1 amide bonds. The summed E-state index contributed by atoms with van der Waals surface area (Å²) in [5, 5.41) is 18.8. The number of hydrogen-bond donors (Lipinski definition) is 2. The predicted molar refractivity (Wildman–Crippen MR) is 154 cm³/mol. The van der Waals surface area contributed by atoms with Gasteiger partial charge in [0.1, 0.15) is 16.4 Å². The lowest BCUT2D eigenvalue weighted by Crippen LogP contribution is -2.40. The van der Waals surface area contributed by atoms with E-state index in [1.54, 1.807) is 70.4 Å². The number of ether oxygens (including phenoxy) is 2. The molecule has 2 aromatic heterocycles. The Kier molecular flexibility index (Phi) is 8.59. The van der Waals surface area contributed by atoms with Crippen molar-refractivity contribution >= 4 is 21.6 Å². The van der Waals surface area contributed by atoms with Gasteiger partial charge in [0.2, 0.25) is 15.9 Å². The van der Waals surface area contributed by atoms with Crippen LogP contribution in [0, 0.1) is 17.0 Å². The third-order valence-electron chi connectivity index (χ3n) is 5.85. The van der Waals surface area contributed by atoms with Crippen molar-refractivity contribution in [3.05, 3.63) is 93.9 Å². The van der Waals surface area contributed by atoms with Crippen LogP contribution in [0.2, 0.25) is 0 Å². The SMILES string of the molecule is COc1ccc(-n2nc(C(=O)NCc3cccnc3)c(C)c2Oc2ccc([N+](=O)[O-])cc2S(=O)(=O)NC(C)(C)C)cc1. The van der Waals surface area contributed by atoms with Crippen LogP contribution in [0.15, 0.2) is 71.9 Å². The Bertz CT molecular complexity index is 1710. The molecule has 42 heavy (non-hydrogen) atoms. The fourth-order valence-corrected chi connectivity index (χ4v) is 5.52. The summed E-state index contributed by atoms with van der Waals surface area (Å²) in [6.45, 7) is 6.72. The summed E-state index contributed by atoms with van der Waals surface area (Å²) in [6, 6.07) is 13.6. The fraction of sp³-hybridized carbons (Fsp3) is 0.250. The van der Waals surface area contributed by atoms with Gasteiger partial charge >= 0.3 is 0 Å². The Morgan fingerprint density at radius 2 is 1.83 bits per heavy atom. The summed E-state index contributed by atoms with van der Waals surface area (Å²) in [7, 11) is -2.76. The van der Waals surface area contributed by atoms with Crippen LogP contribution >= 0.6 is 0 Å². The number of benzene rings is 2. The molecule has 0 radical (unpaired) electrons. The van der Waals surface area contributed by atoms with Crippen molar-refractivity contribution in [1.29, 1.82) is 0 Å². The van der Waals surface area contributed by atoms with Gasteiger partial charge in [0.25, 0.3) is 11.6 Å². The van der Waals surface area contributed by atoms with E-state index in [9.17, 15) is 23.3 Å². The molecular weight excluding hydrogens is 564 g/mol. The second-order valence-electron chi connectivity index (χ2n) is 10.3. The number of nitro groups is 1. The summed E-state index contributed by atoms with van der Waals surface area (Å²) >= 11 is 0. The van der Waals surface area contributed by atoms with E-state index >= 15 is 0 Å². The van der Waals surface area contributed by atoms with Crippen molar-refractivity contribution in [3.8, 4) is 23.1 Å². The molecule has 2 aromatic carbocycles. The van der Waals surface area contributed by atoms with Gasteiger partial charge in [-0.1, -0.05) is 6.07 Å². The number of carbonyl (C=O) groups excluding carboxylic acids is 1. The number of carbonyl (C=O) groups is 1. The third kappa shape index (κ3) is 6.90. The summed E-state index contributed by atoms with van der Waals surface area (Å²) in [5.41, 5.74) is 0.276. The molecule has 0 saturated carbocycles. The molecule has 0 bridgehead atoms. The van der Waals surface area contributed by atoms with Gasteiger partial charge in [-0.25, -0.2) is 13.1 Å². The molecule has 220 valence electrons. The van der Waals surface area contributed by atoms with Crippen molar-refractivity contribution in [2.45, 2.75) is 44.7 Å². The number of hydrogen-bond acceptors (Lipinski definition) is 9. The Morgan fingerprint density at radius 1 is 1.12 bits per heavy atom. The van der Waals surface area contributed by atoms with E-state index in [0.717, 1.165) is 17.7 Å². The van der Waals surface area contributed by atoms with Gasteiger partial charge in [-0.3, -0.25) is 19.9 Å². The van der Waals surface area contributed by atoms with E-state index in [2.05, 4.69) is 20.1 Å². The zero-order valence-electron chi connectivity index (χ0n) is 23.6. The molecule has 0 aliphatic heterocycles. The summed E-state index contributed by atoms with van der Waals surface area (Å²) in [4.78, 5) is 27.6. The predicted octanol–water partition coefficient (Wildman–Crippen LogP) is 4.29. The fourth-order valence-electron chi connectivity index (χ4n) is 3.95. The first kappa shape index (κ1) is 30.1. The van der Waals surface area contributed by atoms with Gasteiger partial charge in [-0.2, -0.15) is 9.78 Å². The van der Waals surface area contributed by atoms with Crippen molar-refractivity contribution in [1.82, 2.24) is 24.8 Å². The van der Waals surface area contributed by atoms with Crippen LogP contribution in [0.3, 0.4) is 0 Å². The first-order chi connectivity index (χ1) is 19.8. The van der Waals surface area contributed by atoms with Crippen LogP contribution < -0.4 is 19.5 Å². The average Bonchev–Trinajstić information content (AvgIpc) is 3.26. The second kappa shape index (κ2) is 12.0. The van der Waals surface area contributed by atoms with Crippen LogP contribution in [0.5, 0.6) is 17.4 Å². The topological polar surface area (TPSA) is 168 Å². The lowest BCUT2D eigenvalue weighted by Gasteiger charge is -2.21. The summed E-state index contributed by atoms with van der Waals surface area (Å²) in [5.74, 6) is -0.0823. The van der Waals surface area contributed by atoms with Gasteiger partial charge in [0.05, 0.1) is 17.7 Å². The minimum atomic E-state index is -4.28. The molecule has 13 nitrogen and oxygen atoms in total. The maximum atomic E-state index is 13.4. The number of nitro benzene ring substituents is 1. The number of aromatic nitrogens is 3. The number of amides is 1. The first-order valence-corrected chi connectivity index (χ1v) is 14.2. The number of methoxy groups -OCH3 is 1. The number of sulfonamides is 1. The Morgan fingerprint density at radius 3 is 2.43 bits per heavy atom. The monoisotopic (exact) mass is 594 g/mol. The highest BCUT2D eigenvalue weighted by Crippen LogP contribution is 2.36. The molecular formula is C28H30N6O7S. The van der Waals surface area contributed by atoms with Crippen molar-refractivity contribution in [2.75, 3.05) is 7.11 Å². The quantitative estimate of drug-likeness (QED) is 0.201. The van der Waals surface area contributed by atoms with E-state index in [-0.39, 0.29) is 23.9 Å². The Hall–Kier alpha value is -4.82. The van der Waals surface area contributed by atoms with Gasteiger partial charge in [-0.05, 0) is 69.7 Å². The minimum absolute atomic E-state index is 0.0313. The maximum Gasteiger partial charge on any atom is 0.272 e. The number of nitrogens with zero attached hydrogens (tertiary/aromatic N) is 4. The average molecular weight is 595 g/mol. The number of pyridine rings is 1. The number of nitrogens with one attached hydrogen (secondary N) is 2. The van der Waals surface area contributed by atoms with Gasteiger partial charge < -0.3 is 14.8 Å². The molecule has 4 rings (SSSR count). The van der Waals surface area contributed by atoms with Gasteiger partial charge in [-0.15, -0.1) is 0 Å². The molecule has 0 aliphatic carbocycles. The van der Waals surface area contributed by atoms with Crippen LogP contribution in [0.4, 0.5) is 5.69 Å². The molecule has 2 heterocycles. The molecule has 0 unspecified atom stereocenters. The van der Waals surface area contributed by atoms with Crippen LogP contribution in [-0.2, 0) is 16.6 Å². The smallest absolute Gasteiger partial charge is 0.272 e. The molecule has 2 N–H and O–H groups in total. The molecule has 14 heteroatoms. The summed E-state index contributed by atoms with van der Waals surface area (Å²) in [6.07, 6.45) is 3.25. The first-order valence-electron chi connectivity index (χ1n) is 12.7. The highest BCUT2D eigenvalue weighted by atomic mass is 32.2. The zero-order valence-corrected chi connectivity index (χ0v) is 24.4. The molecule has 4 aromatic rings. The van der Waals surface area contributed by atoms with E-state index < -0.39 is 37.0 Å². The van der Waals surface area contributed by atoms with E-state index in [0.29, 0.717) is 17.0 Å². The zero-order chi connectivity index (χ0) is 30.7. The van der Waals surface area contributed by atoms with Crippen LogP contribution in [0.25, 0.3) is 5.69 Å². The second-order valence-corrected chi connectivity index (χ2v) is 11.9. The van der Waals surface area contributed by atoms with E-state index in [1.165, 1.54) is 17.9 Å².